The van der Waals surface area contributed by atoms with Gasteiger partial charge in [0.1, 0.15) is 11.5 Å². The summed E-state index contributed by atoms with van der Waals surface area (Å²) in [4.78, 5) is 24.1. The molecule has 4 rings (SSSR count). The van der Waals surface area contributed by atoms with Crippen LogP contribution in [0.5, 0.6) is 11.5 Å². The number of fused-ring (bicyclic) bond motifs is 2. The summed E-state index contributed by atoms with van der Waals surface area (Å²) in [5, 5.41) is 31.6. The number of nitrogens with one attached hydrogen (secondary N) is 2. The first-order valence-corrected chi connectivity index (χ1v) is 11.1. The molecule has 8 nitrogen and oxygen atoms in total. The number of phenols is 2. The number of rotatable bonds is 8. The fourth-order valence-electron chi connectivity index (χ4n) is 3.70. The number of benzene rings is 4. The van der Waals surface area contributed by atoms with Gasteiger partial charge in [-0.2, -0.15) is 10.2 Å². The van der Waals surface area contributed by atoms with E-state index in [9.17, 15) is 19.8 Å². The summed E-state index contributed by atoms with van der Waals surface area (Å²) >= 11 is 0. The minimum absolute atomic E-state index is 0.0655. The van der Waals surface area contributed by atoms with Gasteiger partial charge in [0.2, 0.25) is 11.8 Å². The van der Waals surface area contributed by atoms with Crippen LogP contribution in [0.15, 0.2) is 83.0 Å². The molecule has 0 saturated heterocycles. The van der Waals surface area contributed by atoms with Crippen LogP contribution in [0.25, 0.3) is 21.5 Å². The van der Waals surface area contributed by atoms with Crippen LogP contribution in [0.1, 0.15) is 30.4 Å². The maximum absolute atomic E-state index is 12.0. The lowest BCUT2D eigenvalue weighted by Crippen LogP contribution is -2.20. The Morgan fingerprint density at radius 3 is 1.54 bits per heavy atom. The normalized spacial score (nSPS) is 11.4. The molecule has 0 unspecified atom stereocenters. The van der Waals surface area contributed by atoms with Crippen LogP contribution in [0.2, 0.25) is 0 Å². The monoisotopic (exact) mass is 468 g/mol. The molecule has 0 bridgehead atoms. The zero-order valence-electron chi connectivity index (χ0n) is 18.8. The van der Waals surface area contributed by atoms with E-state index in [4.69, 9.17) is 0 Å². The molecule has 0 aliphatic heterocycles. The van der Waals surface area contributed by atoms with E-state index in [0.29, 0.717) is 17.5 Å². The summed E-state index contributed by atoms with van der Waals surface area (Å²) in [6.07, 6.45) is 3.31. The van der Waals surface area contributed by atoms with Crippen molar-refractivity contribution in [1.82, 2.24) is 10.9 Å². The van der Waals surface area contributed by atoms with Gasteiger partial charge in [-0.1, -0.05) is 60.7 Å². The number of nitrogens with zero attached hydrogens (tertiary/aromatic N) is 2. The van der Waals surface area contributed by atoms with Gasteiger partial charge in [0.25, 0.3) is 0 Å². The number of hydrazone groups is 2. The maximum Gasteiger partial charge on any atom is 0.240 e. The molecular weight excluding hydrogens is 444 g/mol. The lowest BCUT2D eigenvalue weighted by Gasteiger charge is -2.05. The van der Waals surface area contributed by atoms with Crippen LogP contribution in [0, 0.1) is 0 Å². The number of carbonyl (C=O) groups is 2. The Morgan fingerprint density at radius 2 is 1.09 bits per heavy atom. The molecular formula is C27H24N4O4. The third-order valence-corrected chi connectivity index (χ3v) is 5.47. The third kappa shape index (κ3) is 5.80. The van der Waals surface area contributed by atoms with Crippen LogP contribution >= 0.6 is 0 Å². The zero-order valence-corrected chi connectivity index (χ0v) is 18.8. The minimum atomic E-state index is -0.349. The third-order valence-electron chi connectivity index (χ3n) is 5.47. The first kappa shape index (κ1) is 23.4. The quantitative estimate of drug-likeness (QED) is 0.229. The summed E-state index contributed by atoms with van der Waals surface area (Å²) in [5.74, 6) is -0.567. The minimum Gasteiger partial charge on any atom is -0.507 e. The number of hydrogen-bond acceptors (Lipinski definition) is 6. The largest absolute Gasteiger partial charge is 0.507 e. The Morgan fingerprint density at radius 1 is 0.657 bits per heavy atom. The molecule has 8 heteroatoms. The van der Waals surface area contributed by atoms with Crippen LogP contribution in [0.3, 0.4) is 0 Å². The molecule has 0 atom stereocenters. The van der Waals surface area contributed by atoms with Crippen LogP contribution in [-0.2, 0) is 9.59 Å². The fraction of sp³-hybridized carbons (Fsp3) is 0.111. The number of hydrogen-bond donors (Lipinski definition) is 4. The standard InChI is InChI=1S/C27H24N4O4/c32-24-14-12-18-6-1-3-8-20(18)22(24)16-28-30-26(34)10-5-11-27(35)31-29-17-23-21-9-4-2-7-19(21)13-15-25(23)33/h1-4,6-9,12-17,32-33H,5,10-11H2,(H,30,34)(H,31,35). The number of amides is 2. The molecule has 0 heterocycles. The van der Waals surface area contributed by atoms with Gasteiger partial charge >= 0.3 is 0 Å². The molecule has 0 aliphatic rings. The number of phenolic OH excluding ortho intramolecular Hbond substituents is 2. The molecule has 176 valence electrons. The smallest absolute Gasteiger partial charge is 0.240 e. The molecule has 4 N–H and O–H groups in total. The Balaban J connectivity index is 1.24. The second-order valence-corrected chi connectivity index (χ2v) is 7.88. The summed E-state index contributed by atoms with van der Waals surface area (Å²) in [5.41, 5.74) is 5.85. The summed E-state index contributed by atoms with van der Waals surface area (Å²) in [6.45, 7) is 0. The lowest BCUT2D eigenvalue weighted by molar-refractivity contribution is -0.122. The van der Waals surface area contributed by atoms with Crippen molar-refractivity contribution < 1.29 is 19.8 Å². The summed E-state index contributed by atoms with van der Waals surface area (Å²) < 4.78 is 0. The van der Waals surface area contributed by atoms with E-state index < -0.39 is 0 Å². The summed E-state index contributed by atoms with van der Waals surface area (Å²) in [6, 6.07) is 21.9. The van der Waals surface area contributed by atoms with Crippen molar-refractivity contribution in [3.8, 4) is 11.5 Å². The SMILES string of the molecule is O=C(CCCC(=O)NN=Cc1c(O)ccc2ccccc12)NN=Cc1c(O)ccc2ccccc12. The highest BCUT2D eigenvalue weighted by atomic mass is 16.3. The van der Waals surface area contributed by atoms with Gasteiger partial charge in [0.15, 0.2) is 0 Å². The number of carbonyl (C=O) groups excluding carboxylic acids is 2. The highest BCUT2D eigenvalue weighted by Crippen LogP contribution is 2.26. The molecule has 4 aromatic carbocycles. The first-order chi connectivity index (χ1) is 17.0. The van der Waals surface area contributed by atoms with Crippen molar-refractivity contribution in [2.75, 3.05) is 0 Å². The molecule has 0 aliphatic carbocycles. The maximum atomic E-state index is 12.0. The van der Waals surface area contributed by atoms with E-state index in [-0.39, 0.29) is 36.2 Å². The van der Waals surface area contributed by atoms with Crippen molar-refractivity contribution in [3.63, 3.8) is 0 Å². The van der Waals surface area contributed by atoms with Gasteiger partial charge in [-0.3, -0.25) is 9.59 Å². The van der Waals surface area contributed by atoms with Gasteiger partial charge < -0.3 is 10.2 Å². The van der Waals surface area contributed by atoms with Crippen LogP contribution < -0.4 is 10.9 Å². The van der Waals surface area contributed by atoms with Crippen LogP contribution in [-0.4, -0.2) is 34.5 Å². The van der Waals surface area contributed by atoms with E-state index >= 15 is 0 Å². The van der Waals surface area contributed by atoms with Crippen molar-refractivity contribution in [2.45, 2.75) is 19.3 Å². The predicted octanol–water partition coefficient (Wildman–Crippen LogP) is 4.17. The van der Waals surface area contributed by atoms with Crippen LogP contribution in [0.4, 0.5) is 0 Å². The second kappa shape index (κ2) is 10.9. The molecule has 4 aromatic rings. The molecule has 0 saturated carbocycles. The van der Waals surface area contributed by atoms with Gasteiger partial charge in [0, 0.05) is 24.0 Å². The van der Waals surface area contributed by atoms with Crippen molar-refractivity contribution in [1.29, 1.82) is 0 Å². The Hall–Kier alpha value is -4.72. The Labute approximate surface area is 201 Å². The van der Waals surface area contributed by atoms with Gasteiger partial charge in [-0.15, -0.1) is 0 Å². The first-order valence-electron chi connectivity index (χ1n) is 11.1. The molecule has 0 radical (unpaired) electrons. The van der Waals surface area contributed by atoms with E-state index in [0.717, 1.165) is 21.5 Å². The van der Waals surface area contributed by atoms with E-state index in [1.807, 2.05) is 48.5 Å². The highest BCUT2D eigenvalue weighted by molar-refractivity contribution is 6.03. The highest BCUT2D eigenvalue weighted by Gasteiger charge is 2.07. The zero-order chi connectivity index (χ0) is 24.6. The van der Waals surface area contributed by atoms with Crippen molar-refractivity contribution >= 4 is 45.8 Å². The average Bonchev–Trinajstić information content (AvgIpc) is 2.86. The molecule has 2 amide bonds. The molecule has 0 aromatic heterocycles. The molecule has 0 spiro atoms. The Bertz CT molecular complexity index is 1340. The Kier molecular flexibility index (Phi) is 7.32. The lowest BCUT2D eigenvalue weighted by atomic mass is 10.0. The average molecular weight is 469 g/mol. The molecule has 0 fully saturated rings. The topological polar surface area (TPSA) is 123 Å². The van der Waals surface area contributed by atoms with E-state index in [2.05, 4.69) is 21.1 Å². The summed E-state index contributed by atoms with van der Waals surface area (Å²) in [7, 11) is 0. The van der Waals surface area contributed by atoms with Gasteiger partial charge in [0.05, 0.1) is 12.4 Å². The van der Waals surface area contributed by atoms with Crippen molar-refractivity contribution in [3.05, 3.63) is 83.9 Å². The van der Waals surface area contributed by atoms with Gasteiger partial charge in [-0.25, -0.2) is 10.9 Å². The number of aromatic hydroxyl groups is 2. The van der Waals surface area contributed by atoms with E-state index in [1.54, 1.807) is 24.3 Å². The van der Waals surface area contributed by atoms with Crippen molar-refractivity contribution in [2.24, 2.45) is 10.2 Å². The fourth-order valence-corrected chi connectivity index (χ4v) is 3.70. The second-order valence-electron chi connectivity index (χ2n) is 7.88. The van der Waals surface area contributed by atoms with E-state index in [1.165, 1.54) is 12.4 Å². The van der Waals surface area contributed by atoms with Gasteiger partial charge in [-0.05, 0) is 40.1 Å². The molecule has 35 heavy (non-hydrogen) atoms. The predicted molar refractivity (Wildman–Crippen MR) is 137 cm³/mol.